The molecule has 0 spiro atoms. The number of fused-ring (bicyclic) bond motifs is 1. The molecule has 1 nitrogen and oxygen atoms in total. The Bertz CT molecular complexity index is 319. The summed E-state index contributed by atoms with van der Waals surface area (Å²) in [6.07, 6.45) is 12.1. The van der Waals surface area contributed by atoms with Crippen LogP contribution >= 0.6 is 11.8 Å². The highest BCUT2D eigenvalue weighted by Gasteiger charge is 2.01. The molecule has 0 unspecified atom stereocenters. The molecule has 0 atom stereocenters. The Balaban J connectivity index is 2.43. The molecule has 0 saturated heterocycles. The summed E-state index contributed by atoms with van der Waals surface area (Å²) in [6, 6.07) is 0. The van der Waals surface area contributed by atoms with E-state index in [1.54, 1.807) is 0 Å². The van der Waals surface area contributed by atoms with Crippen molar-refractivity contribution in [3.8, 4) is 0 Å². The molecule has 60 valence electrons. The van der Waals surface area contributed by atoms with E-state index in [1.165, 1.54) is 11.1 Å². The third-order valence-corrected chi connectivity index (χ3v) is 2.44. The van der Waals surface area contributed by atoms with Crippen molar-refractivity contribution in [1.29, 1.82) is 0 Å². The third-order valence-electron chi connectivity index (χ3n) is 1.76. The van der Waals surface area contributed by atoms with Gasteiger partial charge in [-0.3, -0.25) is 4.99 Å². The standard InChI is InChI=1S/C10H9NS/c1-5-11-6-2-10-4-8-12-7-3-9(1)10/h1-7H,8H2. The minimum absolute atomic E-state index is 1.05. The largest absolute Gasteiger partial charge is 0.265 e. The predicted octanol–water partition coefficient (Wildman–Crippen LogP) is 2.70. The van der Waals surface area contributed by atoms with Crippen molar-refractivity contribution in [2.75, 3.05) is 5.75 Å². The van der Waals surface area contributed by atoms with E-state index in [-0.39, 0.29) is 0 Å². The summed E-state index contributed by atoms with van der Waals surface area (Å²) < 4.78 is 0. The van der Waals surface area contributed by atoms with Crippen molar-refractivity contribution >= 4 is 18.0 Å². The number of rotatable bonds is 0. The van der Waals surface area contributed by atoms with Gasteiger partial charge in [0, 0.05) is 18.2 Å². The second-order valence-electron chi connectivity index (χ2n) is 2.53. The first-order valence-electron chi connectivity index (χ1n) is 3.85. The molecule has 0 fully saturated rings. The fraction of sp³-hybridized carbons (Fsp3) is 0.100. The fourth-order valence-electron chi connectivity index (χ4n) is 1.14. The van der Waals surface area contributed by atoms with Crippen LogP contribution in [0.4, 0.5) is 0 Å². The molecule has 0 radical (unpaired) electrons. The molecule has 2 rings (SSSR count). The molecule has 0 saturated carbocycles. The van der Waals surface area contributed by atoms with E-state index in [0.717, 1.165) is 5.75 Å². The topological polar surface area (TPSA) is 12.4 Å². The van der Waals surface area contributed by atoms with Gasteiger partial charge in [-0.15, -0.1) is 11.8 Å². The van der Waals surface area contributed by atoms with Gasteiger partial charge < -0.3 is 0 Å². The van der Waals surface area contributed by atoms with Crippen LogP contribution in [0.1, 0.15) is 0 Å². The lowest BCUT2D eigenvalue weighted by Gasteiger charge is -1.97. The quantitative estimate of drug-likeness (QED) is 0.551. The zero-order valence-corrected chi connectivity index (χ0v) is 7.42. The van der Waals surface area contributed by atoms with E-state index in [4.69, 9.17) is 0 Å². The number of nitrogens with zero attached hydrogens (tertiary/aromatic N) is 1. The van der Waals surface area contributed by atoms with E-state index in [2.05, 4.69) is 22.6 Å². The zero-order valence-electron chi connectivity index (χ0n) is 6.60. The van der Waals surface area contributed by atoms with Crippen LogP contribution in [0, 0.1) is 0 Å². The first-order chi connectivity index (χ1) is 5.97. The van der Waals surface area contributed by atoms with Crippen LogP contribution in [-0.2, 0) is 0 Å². The molecule has 2 aliphatic heterocycles. The maximum Gasteiger partial charge on any atom is 0.0273 e. The van der Waals surface area contributed by atoms with Crippen molar-refractivity contribution in [2.45, 2.75) is 0 Å². The molecule has 2 heterocycles. The van der Waals surface area contributed by atoms with Crippen molar-refractivity contribution in [3.63, 3.8) is 0 Å². The second-order valence-corrected chi connectivity index (χ2v) is 3.47. The van der Waals surface area contributed by atoms with Crippen LogP contribution in [0.15, 0.2) is 52.1 Å². The van der Waals surface area contributed by atoms with Gasteiger partial charge in [0.1, 0.15) is 0 Å². The van der Waals surface area contributed by atoms with Gasteiger partial charge in [0.25, 0.3) is 0 Å². The summed E-state index contributed by atoms with van der Waals surface area (Å²) in [6.45, 7) is 0. The summed E-state index contributed by atoms with van der Waals surface area (Å²) in [4.78, 5) is 4.06. The van der Waals surface area contributed by atoms with E-state index in [0.29, 0.717) is 0 Å². The molecule has 2 aliphatic rings. The summed E-state index contributed by atoms with van der Waals surface area (Å²) in [5.74, 6) is 1.05. The van der Waals surface area contributed by atoms with Crippen LogP contribution in [0.5, 0.6) is 0 Å². The molecule has 2 heteroatoms. The van der Waals surface area contributed by atoms with E-state index >= 15 is 0 Å². The number of hydrogen-bond acceptors (Lipinski definition) is 2. The van der Waals surface area contributed by atoms with Crippen LogP contribution in [0.2, 0.25) is 0 Å². The Morgan fingerprint density at radius 2 is 2.25 bits per heavy atom. The molecule has 12 heavy (non-hydrogen) atoms. The Morgan fingerprint density at radius 3 is 3.25 bits per heavy atom. The first kappa shape index (κ1) is 7.62. The number of thioether (sulfide) groups is 1. The molecular weight excluding hydrogens is 166 g/mol. The minimum atomic E-state index is 1.05. The second kappa shape index (κ2) is 3.59. The highest BCUT2D eigenvalue weighted by Crippen LogP contribution is 2.21. The lowest BCUT2D eigenvalue weighted by atomic mass is 10.1. The summed E-state index contributed by atoms with van der Waals surface area (Å²) in [7, 11) is 0. The predicted molar refractivity (Wildman–Crippen MR) is 55.4 cm³/mol. The normalized spacial score (nSPS) is 20.7. The average molecular weight is 175 g/mol. The van der Waals surface area contributed by atoms with Gasteiger partial charge in [0.2, 0.25) is 0 Å². The monoisotopic (exact) mass is 175 g/mol. The highest BCUT2D eigenvalue weighted by molar-refractivity contribution is 8.02. The Hall–Kier alpha value is -1.02. The van der Waals surface area contributed by atoms with Gasteiger partial charge in [-0.25, -0.2) is 0 Å². The lowest BCUT2D eigenvalue weighted by molar-refractivity contribution is 1.52. The van der Waals surface area contributed by atoms with Crippen LogP contribution in [-0.4, -0.2) is 12.0 Å². The molecular formula is C10H9NS. The smallest absolute Gasteiger partial charge is 0.0273 e. The fourth-order valence-corrected chi connectivity index (χ4v) is 1.77. The van der Waals surface area contributed by atoms with Crippen LogP contribution < -0.4 is 0 Å². The molecule has 0 aromatic heterocycles. The van der Waals surface area contributed by atoms with Crippen molar-refractivity contribution in [1.82, 2.24) is 0 Å². The Morgan fingerprint density at radius 1 is 1.25 bits per heavy atom. The maximum absolute atomic E-state index is 4.06. The maximum atomic E-state index is 4.06. The number of aliphatic imine (C=N–C) groups is 1. The van der Waals surface area contributed by atoms with E-state index in [1.807, 2.05) is 36.3 Å². The molecule has 0 aliphatic carbocycles. The van der Waals surface area contributed by atoms with Gasteiger partial charge >= 0.3 is 0 Å². The molecule has 0 aromatic rings. The van der Waals surface area contributed by atoms with E-state index < -0.39 is 0 Å². The summed E-state index contributed by atoms with van der Waals surface area (Å²) in [5.41, 5.74) is 2.52. The van der Waals surface area contributed by atoms with Crippen molar-refractivity contribution in [2.24, 2.45) is 4.99 Å². The molecule has 0 aromatic carbocycles. The number of hydrogen-bond donors (Lipinski definition) is 0. The van der Waals surface area contributed by atoms with E-state index in [9.17, 15) is 0 Å². The Kier molecular flexibility index (Phi) is 2.28. The third kappa shape index (κ3) is 1.59. The molecule has 0 bridgehead atoms. The van der Waals surface area contributed by atoms with Gasteiger partial charge in [0.05, 0.1) is 0 Å². The van der Waals surface area contributed by atoms with Crippen molar-refractivity contribution < 1.29 is 0 Å². The summed E-state index contributed by atoms with van der Waals surface area (Å²) >= 11 is 1.81. The molecule has 0 N–H and O–H groups in total. The first-order valence-corrected chi connectivity index (χ1v) is 4.90. The lowest BCUT2D eigenvalue weighted by Crippen LogP contribution is -1.81. The molecule has 0 amide bonds. The number of allylic oxidation sites excluding steroid dienone is 5. The van der Waals surface area contributed by atoms with Crippen molar-refractivity contribution in [3.05, 3.63) is 47.1 Å². The van der Waals surface area contributed by atoms with Gasteiger partial charge in [-0.1, -0.05) is 6.08 Å². The highest BCUT2D eigenvalue weighted by atomic mass is 32.2. The van der Waals surface area contributed by atoms with Crippen LogP contribution in [0.25, 0.3) is 0 Å². The van der Waals surface area contributed by atoms with Crippen LogP contribution in [0.3, 0.4) is 0 Å². The Labute approximate surface area is 76.3 Å². The minimum Gasteiger partial charge on any atom is -0.265 e. The van der Waals surface area contributed by atoms with Gasteiger partial charge in [-0.05, 0) is 34.8 Å². The SMILES string of the molecule is C1=CC2=CCSC=CC2=CC=N1. The van der Waals surface area contributed by atoms with Gasteiger partial charge in [0.15, 0.2) is 0 Å². The van der Waals surface area contributed by atoms with Gasteiger partial charge in [-0.2, -0.15) is 0 Å². The zero-order chi connectivity index (χ0) is 8.23. The average Bonchev–Trinajstić information content (AvgIpc) is 2.38. The summed E-state index contributed by atoms with van der Waals surface area (Å²) in [5, 5.41) is 2.13.